The molecule has 3 heteroatoms. The topological polar surface area (TPSA) is 15.3 Å². The Morgan fingerprint density at radius 3 is 2.67 bits per heavy atom. The molecular weight excluding hydrogens is 240 g/mol. The van der Waals surface area contributed by atoms with Crippen LogP contribution in [0.1, 0.15) is 45.4 Å². The normalized spacial score (nSPS) is 14.1. The molecule has 0 fully saturated rings. The van der Waals surface area contributed by atoms with Crippen LogP contribution in [0.15, 0.2) is 17.5 Å². The highest BCUT2D eigenvalue weighted by atomic mass is 32.1. The van der Waals surface area contributed by atoms with E-state index < -0.39 is 0 Å². The molecule has 1 heterocycles. The lowest BCUT2D eigenvalue weighted by molar-refractivity contribution is 0.234. The van der Waals surface area contributed by atoms with Crippen LogP contribution in [-0.4, -0.2) is 30.1 Å². The molecule has 0 spiro atoms. The van der Waals surface area contributed by atoms with E-state index in [1.165, 1.54) is 17.7 Å². The van der Waals surface area contributed by atoms with Gasteiger partial charge in [0.15, 0.2) is 0 Å². The van der Waals surface area contributed by atoms with Crippen molar-refractivity contribution in [1.82, 2.24) is 10.2 Å². The molecule has 1 N–H and O–H groups in total. The number of rotatable bonds is 7. The number of hydrogen-bond acceptors (Lipinski definition) is 3. The molecule has 1 rings (SSSR count). The largest absolute Gasteiger partial charge is 0.312 e. The molecule has 1 aromatic heterocycles. The quantitative estimate of drug-likeness (QED) is 0.758. The number of hydrogen-bond donors (Lipinski definition) is 1. The first-order chi connectivity index (χ1) is 8.38. The molecular formula is C15H28N2S. The van der Waals surface area contributed by atoms with Gasteiger partial charge in [-0.05, 0) is 65.6 Å². The third-order valence-corrected chi connectivity index (χ3v) is 4.05. The second kappa shape index (κ2) is 7.27. The lowest BCUT2D eigenvalue weighted by atomic mass is 10.1. The van der Waals surface area contributed by atoms with Gasteiger partial charge in [0.05, 0.1) is 0 Å². The first-order valence-electron chi connectivity index (χ1n) is 6.86. The van der Waals surface area contributed by atoms with E-state index in [0.717, 1.165) is 13.1 Å². The van der Waals surface area contributed by atoms with Crippen molar-refractivity contribution < 1.29 is 0 Å². The molecule has 0 aliphatic carbocycles. The Morgan fingerprint density at radius 2 is 2.11 bits per heavy atom. The Kier molecular flexibility index (Phi) is 6.33. The number of thiophene rings is 1. The van der Waals surface area contributed by atoms with Crippen molar-refractivity contribution >= 4 is 11.3 Å². The molecule has 0 aliphatic heterocycles. The van der Waals surface area contributed by atoms with Gasteiger partial charge in [0.1, 0.15) is 0 Å². The molecule has 0 radical (unpaired) electrons. The maximum atomic E-state index is 3.55. The highest BCUT2D eigenvalue weighted by molar-refractivity contribution is 7.09. The van der Waals surface area contributed by atoms with Gasteiger partial charge >= 0.3 is 0 Å². The fraction of sp³-hybridized carbons (Fsp3) is 0.733. The predicted octanol–water partition coefficient (Wildman–Crippen LogP) is 3.74. The Morgan fingerprint density at radius 1 is 1.39 bits per heavy atom. The summed E-state index contributed by atoms with van der Waals surface area (Å²) in [4.78, 5) is 3.90. The van der Waals surface area contributed by atoms with Gasteiger partial charge in [-0.1, -0.05) is 6.07 Å². The van der Waals surface area contributed by atoms with Crippen LogP contribution in [0.2, 0.25) is 0 Å². The molecule has 1 unspecified atom stereocenters. The SMILES string of the molecule is CC(CCCNC(C)(C)C)N(C)Cc1cccs1. The first kappa shape index (κ1) is 15.7. The third-order valence-electron chi connectivity index (χ3n) is 3.19. The van der Waals surface area contributed by atoms with Crippen molar-refractivity contribution in [1.29, 1.82) is 0 Å². The van der Waals surface area contributed by atoms with Crippen LogP contribution in [0.4, 0.5) is 0 Å². The van der Waals surface area contributed by atoms with Crippen LogP contribution < -0.4 is 5.32 Å². The molecule has 1 atom stereocenters. The summed E-state index contributed by atoms with van der Waals surface area (Å²) in [5, 5.41) is 5.70. The lowest BCUT2D eigenvalue weighted by Crippen LogP contribution is -2.37. The maximum absolute atomic E-state index is 3.55. The van der Waals surface area contributed by atoms with Crippen molar-refractivity contribution in [3.8, 4) is 0 Å². The minimum atomic E-state index is 0.242. The molecule has 0 saturated carbocycles. The molecule has 2 nitrogen and oxygen atoms in total. The molecule has 18 heavy (non-hydrogen) atoms. The summed E-state index contributed by atoms with van der Waals surface area (Å²) in [6.07, 6.45) is 2.50. The third kappa shape index (κ3) is 6.53. The molecule has 0 aromatic carbocycles. The summed E-state index contributed by atoms with van der Waals surface area (Å²) in [6.45, 7) is 11.2. The van der Waals surface area contributed by atoms with E-state index in [4.69, 9.17) is 0 Å². The Hall–Kier alpha value is -0.380. The van der Waals surface area contributed by atoms with Gasteiger partial charge in [-0.2, -0.15) is 0 Å². The van der Waals surface area contributed by atoms with Gasteiger partial charge in [-0.15, -0.1) is 11.3 Å². The summed E-state index contributed by atoms with van der Waals surface area (Å²) in [7, 11) is 2.22. The highest BCUT2D eigenvalue weighted by Gasteiger charge is 2.11. The van der Waals surface area contributed by atoms with E-state index in [-0.39, 0.29) is 5.54 Å². The Balaban J connectivity index is 2.18. The average molecular weight is 268 g/mol. The van der Waals surface area contributed by atoms with Crippen LogP contribution >= 0.6 is 11.3 Å². The Labute approximate surface area is 116 Å². The highest BCUT2D eigenvalue weighted by Crippen LogP contribution is 2.14. The van der Waals surface area contributed by atoms with Crippen molar-refractivity contribution in [2.24, 2.45) is 0 Å². The number of nitrogens with zero attached hydrogens (tertiary/aromatic N) is 1. The van der Waals surface area contributed by atoms with Crippen LogP contribution in [0.5, 0.6) is 0 Å². The lowest BCUT2D eigenvalue weighted by Gasteiger charge is -2.25. The van der Waals surface area contributed by atoms with E-state index in [1.54, 1.807) is 0 Å². The first-order valence-corrected chi connectivity index (χ1v) is 7.74. The van der Waals surface area contributed by atoms with E-state index in [1.807, 2.05) is 11.3 Å². The minimum Gasteiger partial charge on any atom is -0.312 e. The van der Waals surface area contributed by atoms with E-state index in [0.29, 0.717) is 6.04 Å². The summed E-state index contributed by atoms with van der Waals surface area (Å²) < 4.78 is 0. The molecule has 0 bridgehead atoms. The average Bonchev–Trinajstić information content (AvgIpc) is 2.75. The summed E-state index contributed by atoms with van der Waals surface area (Å²) in [5.74, 6) is 0. The van der Waals surface area contributed by atoms with Crippen molar-refractivity contribution in [2.45, 2.75) is 58.7 Å². The molecule has 0 amide bonds. The van der Waals surface area contributed by atoms with Crippen molar-refractivity contribution in [3.05, 3.63) is 22.4 Å². The monoisotopic (exact) mass is 268 g/mol. The minimum absolute atomic E-state index is 0.242. The summed E-state index contributed by atoms with van der Waals surface area (Å²) in [6, 6.07) is 5.00. The van der Waals surface area contributed by atoms with Gasteiger partial charge in [0.2, 0.25) is 0 Å². The van der Waals surface area contributed by atoms with Gasteiger partial charge in [0, 0.05) is 23.0 Å². The Bertz CT molecular complexity index is 314. The van der Waals surface area contributed by atoms with Crippen molar-refractivity contribution in [2.75, 3.05) is 13.6 Å². The van der Waals surface area contributed by atoms with Crippen LogP contribution in [0.3, 0.4) is 0 Å². The molecule has 0 saturated heterocycles. The number of nitrogens with one attached hydrogen (secondary N) is 1. The second-order valence-corrected chi connectivity index (χ2v) is 7.19. The van der Waals surface area contributed by atoms with E-state index in [2.05, 4.69) is 62.5 Å². The smallest absolute Gasteiger partial charge is 0.0327 e. The molecule has 104 valence electrons. The van der Waals surface area contributed by atoms with Gasteiger partial charge < -0.3 is 5.32 Å². The van der Waals surface area contributed by atoms with Gasteiger partial charge in [-0.25, -0.2) is 0 Å². The van der Waals surface area contributed by atoms with Crippen LogP contribution in [0, 0.1) is 0 Å². The maximum Gasteiger partial charge on any atom is 0.0327 e. The van der Waals surface area contributed by atoms with Crippen LogP contribution in [-0.2, 0) is 6.54 Å². The summed E-state index contributed by atoms with van der Waals surface area (Å²) in [5.41, 5.74) is 0.242. The van der Waals surface area contributed by atoms with E-state index in [9.17, 15) is 0 Å². The van der Waals surface area contributed by atoms with Gasteiger partial charge in [0.25, 0.3) is 0 Å². The van der Waals surface area contributed by atoms with Crippen molar-refractivity contribution in [3.63, 3.8) is 0 Å². The standard InChI is InChI=1S/C15H28N2S/c1-13(8-6-10-16-15(2,3)4)17(5)12-14-9-7-11-18-14/h7,9,11,13,16H,6,8,10,12H2,1-5H3. The zero-order chi connectivity index (χ0) is 13.6. The predicted molar refractivity (Wildman–Crippen MR) is 82.2 cm³/mol. The fourth-order valence-corrected chi connectivity index (χ4v) is 2.65. The van der Waals surface area contributed by atoms with E-state index >= 15 is 0 Å². The molecule has 1 aromatic rings. The molecule has 0 aliphatic rings. The zero-order valence-corrected chi connectivity index (χ0v) is 13.3. The fourth-order valence-electron chi connectivity index (χ4n) is 1.89. The van der Waals surface area contributed by atoms with Gasteiger partial charge in [-0.3, -0.25) is 4.90 Å². The second-order valence-electron chi connectivity index (χ2n) is 6.16. The summed E-state index contributed by atoms with van der Waals surface area (Å²) >= 11 is 1.85. The van der Waals surface area contributed by atoms with Crippen LogP contribution in [0.25, 0.3) is 0 Å². The zero-order valence-electron chi connectivity index (χ0n) is 12.5.